The fourth-order valence-corrected chi connectivity index (χ4v) is 3.33. The third kappa shape index (κ3) is 5.06. The van der Waals surface area contributed by atoms with Crippen molar-refractivity contribution in [1.29, 1.82) is 0 Å². The molecule has 1 aromatic rings. The number of piperidine rings is 1. The Morgan fingerprint density at radius 2 is 2.00 bits per heavy atom. The Bertz CT molecular complexity index is 900. The molecule has 2 aliphatic heterocycles. The highest BCUT2D eigenvalue weighted by Crippen LogP contribution is 2.33. The molecular weight excluding hydrogens is 410 g/mol. The van der Waals surface area contributed by atoms with Crippen LogP contribution in [-0.4, -0.2) is 78.6 Å². The molecule has 11 heteroatoms. The summed E-state index contributed by atoms with van der Waals surface area (Å²) in [4.78, 5) is 62.0. The van der Waals surface area contributed by atoms with E-state index in [-0.39, 0.29) is 56.1 Å². The van der Waals surface area contributed by atoms with E-state index < -0.39 is 35.6 Å². The molecular formula is C20H23N3O8. The van der Waals surface area contributed by atoms with Crippen LogP contribution in [0.3, 0.4) is 0 Å². The van der Waals surface area contributed by atoms with Crippen LogP contribution in [-0.2, 0) is 19.1 Å². The molecule has 3 rings (SSSR count). The van der Waals surface area contributed by atoms with E-state index in [4.69, 9.17) is 14.6 Å². The van der Waals surface area contributed by atoms with Crippen molar-refractivity contribution < 1.29 is 38.6 Å². The SMILES string of the molecule is O=C(COc1cccc2c1C(=O)N(C1CCC(=O)NC1=O)C2=O)NCCOCCCO. The number of aliphatic hydroxyl groups excluding tert-OH is 1. The third-order valence-corrected chi connectivity index (χ3v) is 4.80. The van der Waals surface area contributed by atoms with Gasteiger partial charge in [0, 0.05) is 26.2 Å². The number of nitrogens with one attached hydrogen (secondary N) is 2. The van der Waals surface area contributed by atoms with Crippen molar-refractivity contribution in [2.45, 2.75) is 25.3 Å². The van der Waals surface area contributed by atoms with Gasteiger partial charge >= 0.3 is 0 Å². The summed E-state index contributed by atoms with van der Waals surface area (Å²) in [7, 11) is 0. The summed E-state index contributed by atoms with van der Waals surface area (Å²) in [5, 5.41) is 13.4. The van der Waals surface area contributed by atoms with E-state index in [1.54, 1.807) is 0 Å². The molecule has 0 radical (unpaired) electrons. The lowest BCUT2D eigenvalue weighted by atomic mass is 10.0. The molecule has 1 aromatic carbocycles. The van der Waals surface area contributed by atoms with Crippen LogP contribution in [0.5, 0.6) is 5.75 Å². The molecule has 0 aliphatic carbocycles. The highest BCUT2D eigenvalue weighted by Gasteiger charge is 2.46. The van der Waals surface area contributed by atoms with E-state index in [1.807, 2.05) is 0 Å². The molecule has 1 saturated heterocycles. The predicted octanol–water partition coefficient (Wildman–Crippen LogP) is -1.02. The van der Waals surface area contributed by atoms with E-state index >= 15 is 0 Å². The Balaban J connectivity index is 1.61. The summed E-state index contributed by atoms with van der Waals surface area (Å²) in [5.74, 6) is -2.89. The average molecular weight is 433 g/mol. The largest absolute Gasteiger partial charge is 0.483 e. The standard InChI is InChI=1S/C20H23N3O8/c24-8-2-9-30-10-7-21-16(26)11-31-14-4-1-3-12-17(14)20(29)23(19(12)28)13-5-6-15(25)22-18(13)27/h1,3-4,13,24H,2,5-11H2,(H,21,26)(H,22,25,27). The maximum atomic E-state index is 12.9. The van der Waals surface area contributed by atoms with Crippen LogP contribution < -0.4 is 15.4 Å². The van der Waals surface area contributed by atoms with Gasteiger partial charge in [-0.1, -0.05) is 6.07 Å². The summed E-state index contributed by atoms with van der Waals surface area (Å²) in [6.45, 7) is 0.567. The number of carbonyl (C=O) groups is 5. The molecule has 2 aliphatic rings. The molecule has 5 amide bonds. The van der Waals surface area contributed by atoms with Crippen molar-refractivity contribution in [2.75, 3.05) is 33.0 Å². The molecule has 3 N–H and O–H groups in total. The quantitative estimate of drug-likeness (QED) is 0.313. The Morgan fingerprint density at radius 3 is 2.74 bits per heavy atom. The summed E-state index contributed by atoms with van der Waals surface area (Å²) < 4.78 is 10.7. The fourth-order valence-electron chi connectivity index (χ4n) is 3.33. The highest BCUT2D eigenvalue weighted by molar-refractivity contribution is 6.24. The Morgan fingerprint density at radius 1 is 1.19 bits per heavy atom. The summed E-state index contributed by atoms with van der Waals surface area (Å²) >= 11 is 0. The van der Waals surface area contributed by atoms with Crippen molar-refractivity contribution in [3.8, 4) is 5.75 Å². The normalized spacial score (nSPS) is 18.1. The zero-order valence-corrected chi connectivity index (χ0v) is 16.7. The number of nitrogens with zero attached hydrogens (tertiary/aromatic N) is 1. The van der Waals surface area contributed by atoms with Gasteiger partial charge < -0.3 is 19.9 Å². The zero-order valence-electron chi connectivity index (χ0n) is 16.7. The molecule has 166 valence electrons. The van der Waals surface area contributed by atoms with Gasteiger partial charge in [0.25, 0.3) is 17.7 Å². The van der Waals surface area contributed by atoms with E-state index in [1.165, 1.54) is 18.2 Å². The summed E-state index contributed by atoms with van der Waals surface area (Å²) in [6.07, 6.45) is 0.588. The first-order valence-electron chi connectivity index (χ1n) is 9.86. The number of aliphatic hydroxyl groups is 1. The number of hydrogen-bond donors (Lipinski definition) is 3. The molecule has 0 spiro atoms. The minimum absolute atomic E-state index is 0.0164. The smallest absolute Gasteiger partial charge is 0.266 e. The zero-order chi connectivity index (χ0) is 22.4. The van der Waals surface area contributed by atoms with E-state index in [0.29, 0.717) is 13.0 Å². The molecule has 2 heterocycles. The van der Waals surface area contributed by atoms with Gasteiger partial charge in [0.2, 0.25) is 11.8 Å². The number of amides is 5. The number of carbonyl (C=O) groups excluding carboxylic acids is 5. The molecule has 1 unspecified atom stereocenters. The average Bonchev–Trinajstić information content (AvgIpc) is 3.00. The third-order valence-electron chi connectivity index (χ3n) is 4.80. The van der Waals surface area contributed by atoms with Gasteiger partial charge in [0.15, 0.2) is 6.61 Å². The lowest BCUT2D eigenvalue weighted by Crippen LogP contribution is -2.54. The summed E-state index contributed by atoms with van der Waals surface area (Å²) in [6, 6.07) is 3.34. The second-order valence-electron chi connectivity index (χ2n) is 6.95. The second kappa shape index (κ2) is 10.1. The minimum Gasteiger partial charge on any atom is -0.483 e. The molecule has 1 atom stereocenters. The van der Waals surface area contributed by atoms with Gasteiger partial charge in [0.1, 0.15) is 11.8 Å². The topological polar surface area (TPSA) is 151 Å². The highest BCUT2D eigenvalue weighted by atomic mass is 16.5. The first kappa shape index (κ1) is 22.4. The van der Waals surface area contributed by atoms with Crippen molar-refractivity contribution in [3.63, 3.8) is 0 Å². The molecule has 1 fully saturated rings. The van der Waals surface area contributed by atoms with Crippen LogP contribution in [0, 0.1) is 0 Å². The molecule has 31 heavy (non-hydrogen) atoms. The minimum atomic E-state index is -1.08. The Labute approximate surface area is 177 Å². The Kier molecular flexibility index (Phi) is 7.32. The first-order valence-corrected chi connectivity index (χ1v) is 9.86. The molecule has 0 bridgehead atoms. The van der Waals surface area contributed by atoms with Crippen LogP contribution in [0.1, 0.15) is 40.0 Å². The molecule has 0 saturated carbocycles. The maximum absolute atomic E-state index is 12.9. The maximum Gasteiger partial charge on any atom is 0.266 e. The lowest BCUT2D eigenvalue weighted by molar-refractivity contribution is -0.136. The number of imide groups is 2. The van der Waals surface area contributed by atoms with E-state index in [2.05, 4.69) is 10.6 Å². The number of fused-ring (bicyclic) bond motifs is 1. The van der Waals surface area contributed by atoms with Crippen LogP contribution in [0.2, 0.25) is 0 Å². The number of rotatable bonds is 10. The fraction of sp³-hybridized carbons (Fsp3) is 0.450. The van der Waals surface area contributed by atoms with Gasteiger partial charge in [-0.2, -0.15) is 0 Å². The van der Waals surface area contributed by atoms with Crippen LogP contribution in [0.4, 0.5) is 0 Å². The summed E-state index contributed by atoms with van der Waals surface area (Å²) in [5.41, 5.74) is 0.0576. The van der Waals surface area contributed by atoms with Gasteiger partial charge in [-0.05, 0) is 25.0 Å². The Hall–Kier alpha value is -3.31. The van der Waals surface area contributed by atoms with Gasteiger partial charge in [-0.15, -0.1) is 0 Å². The van der Waals surface area contributed by atoms with Crippen molar-refractivity contribution >= 4 is 29.5 Å². The number of benzene rings is 1. The van der Waals surface area contributed by atoms with E-state index in [0.717, 1.165) is 4.90 Å². The van der Waals surface area contributed by atoms with Gasteiger partial charge in [-0.3, -0.25) is 34.2 Å². The first-order chi connectivity index (χ1) is 14.9. The lowest BCUT2D eigenvalue weighted by Gasteiger charge is -2.27. The number of ether oxygens (including phenoxy) is 2. The van der Waals surface area contributed by atoms with Crippen LogP contribution in [0.25, 0.3) is 0 Å². The van der Waals surface area contributed by atoms with Gasteiger partial charge in [-0.25, -0.2) is 0 Å². The predicted molar refractivity (Wildman–Crippen MR) is 104 cm³/mol. The van der Waals surface area contributed by atoms with Crippen molar-refractivity contribution in [3.05, 3.63) is 29.3 Å². The molecule has 0 aromatic heterocycles. The second-order valence-corrected chi connectivity index (χ2v) is 6.95. The molecule has 11 nitrogen and oxygen atoms in total. The van der Waals surface area contributed by atoms with Crippen molar-refractivity contribution in [2.24, 2.45) is 0 Å². The monoisotopic (exact) mass is 433 g/mol. The van der Waals surface area contributed by atoms with E-state index in [9.17, 15) is 24.0 Å². The van der Waals surface area contributed by atoms with Gasteiger partial charge in [0.05, 0.1) is 17.7 Å². The van der Waals surface area contributed by atoms with Crippen LogP contribution >= 0.6 is 0 Å². The van der Waals surface area contributed by atoms with Crippen LogP contribution in [0.15, 0.2) is 18.2 Å². The number of hydrogen-bond acceptors (Lipinski definition) is 8. The van der Waals surface area contributed by atoms with Crippen molar-refractivity contribution in [1.82, 2.24) is 15.5 Å².